The first-order valence-corrected chi connectivity index (χ1v) is 10.5. The number of carbonyl (C=O) groups is 2. The molecule has 2 aromatic carbocycles. The summed E-state index contributed by atoms with van der Waals surface area (Å²) in [5.41, 5.74) is 1.16. The van der Waals surface area contributed by atoms with Gasteiger partial charge in [-0.2, -0.15) is 0 Å². The molecule has 0 bridgehead atoms. The van der Waals surface area contributed by atoms with E-state index >= 15 is 0 Å². The van der Waals surface area contributed by atoms with E-state index in [1.165, 1.54) is 18.2 Å². The monoisotopic (exact) mass is 502 g/mol. The normalized spacial score (nSPS) is 14.2. The molecule has 2 aromatic rings. The van der Waals surface area contributed by atoms with Gasteiger partial charge in [0.1, 0.15) is 0 Å². The highest BCUT2D eigenvalue weighted by molar-refractivity contribution is 9.10. The maximum absolute atomic E-state index is 12.4. The summed E-state index contributed by atoms with van der Waals surface area (Å²) < 4.78 is 16.6. The molecule has 0 fully saturated rings. The van der Waals surface area contributed by atoms with Crippen molar-refractivity contribution >= 4 is 45.5 Å². The van der Waals surface area contributed by atoms with Crippen LogP contribution >= 0.6 is 15.9 Å². The minimum absolute atomic E-state index is 0.0126. The Kier molecular flexibility index (Phi) is 7.04. The van der Waals surface area contributed by atoms with Gasteiger partial charge in [0.2, 0.25) is 5.90 Å². The van der Waals surface area contributed by atoms with Crippen molar-refractivity contribution in [3.05, 3.63) is 67.3 Å². The van der Waals surface area contributed by atoms with E-state index in [4.69, 9.17) is 14.2 Å². The Bertz CT molecular complexity index is 1170. The van der Waals surface area contributed by atoms with Gasteiger partial charge >= 0.3 is 11.9 Å². The molecule has 0 spiro atoms. The topological polar surface area (TPSA) is 117 Å². The van der Waals surface area contributed by atoms with Crippen LogP contribution in [0.3, 0.4) is 0 Å². The van der Waals surface area contributed by atoms with Crippen molar-refractivity contribution in [2.75, 3.05) is 6.61 Å². The third-order valence-electron chi connectivity index (χ3n) is 4.49. The van der Waals surface area contributed by atoms with Crippen molar-refractivity contribution in [1.82, 2.24) is 0 Å². The average Bonchev–Trinajstić information content (AvgIpc) is 3.10. The van der Waals surface area contributed by atoms with E-state index in [-0.39, 0.29) is 29.5 Å². The van der Waals surface area contributed by atoms with Crippen LogP contribution in [0.2, 0.25) is 0 Å². The number of rotatable bonds is 7. The number of hydrogen-bond acceptors (Lipinski definition) is 8. The van der Waals surface area contributed by atoms with E-state index < -0.39 is 16.9 Å². The molecule has 0 aliphatic carbocycles. The smallest absolute Gasteiger partial charge is 0.363 e. The van der Waals surface area contributed by atoms with E-state index in [1.54, 1.807) is 39.0 Å². The van der Waals surface area contributed by atoms with Crippen molar-refractivity contribution in [3.63, 3.8) is 0 Å². The number of carbonyl (C=O) groups excluding carboxylic acids is 2. The molecule has 3 rings (SSSR count). The van der Waals surface area contributed by atoms with E-state index in [9.17, 15) is 19.7 Å². The van der Waals surface area contributed by atoms with Gasteiger partial charge in [-0.15, -0.1) is 0 Å². The standard InChI is InChI=1S/C22H19BrN2O7/c1-4-19(26)31-20-15(23)9-13(11-18(20)30-5-2)10-16-22(27)32-21(24-16)14-7-6-8-17(12(14)3)25(28)29/h6-11H,4-5H2,1-3H3/b16-10-. The largest absolute Gasteiger partial charge is 0.490 e. The lowest BCUT2D eigenvalue weighted by atomic mass is 10.1. The molecule has 10 heteroatoms. The first-order valence-electron chi connectivity index (χ1n) is 9.69. The minimum atomic E-state index is -0.693. The van der Waals surface area contributed by atoms with Crippen LogP contribution in [-0.2, 0) is 14.3 Å². The molecule has 1 aliphatic heterocycles. The molecule has 32 heavy (non-hydrogen) atoms. The summed E-state index contributed by atoms with van der Waals surface area (Å²) in [4.78, 5) is 39.0. The summed E-state index contributed by atoms with van der Waals surface area (Å²) in [6.07, 6.45) is 1.69. The summed E-state index contributed by atoms with van der Waals surface area (Å²) >= 11 is 3.37. The van der Waals surface area contributed by atoms with Crippen molar-refractivity contribution in [2.45, 2.75) is 27.2 Å². The molecule has 0 radical (unpaired) electrons. The number of nitro benzene ring substituents is 1. The Hall–Kier alpha value is -3.53. The van der Waals surface area contributed by atoms with Crippen LogP contribution in [0.1, 0.15) is 37.0 Å². The van der Waals surface area contributed by atoms with Crippen LogP contribution in [0.15, 0.2) is 45.5 Å². The third-order valence-corrected chi connectivity index (χ3v) is 5.08. The molecule has 9 nitrogen and oxygen atoms in total. The fourth-order valence-electron chi connectivity index (χ4n) is 2.95. The second-order valence-corrected chi connectivity index (χ2v) is 7.49. The zero-order chi connectivity index (χ0) is 23.4. The first kappa shape index (κ1) is 23.1. The lowest BCUT2D eigenvalue weighted by Crippen LogP contribution is -2.08. The predicted octanol–water partition coefficient (Wildman–Crippen LogP) is 4.72. The number of nitro groups is 1. The van der Waals surface area contributed by atoms with Crippen LogP contribution in [0.4, 0.5) is 5.69 Å². The Balaban J connectivity index is 2.00. The summed E-state index contributed by atoms with van der Waals surface area (Å²) in [5.74, 6) is -0.563. The van der Waals surface area contributed by atoms with Gasteiger partial charge in [0.25, 0.3) is 5.69 Å². The molecular weight excluding hydrogens is 484 g/mol. The van der Waals surface area contributed by atoms with Gasteiger partial charge in [-0.1, -0.05) is 13.0 Å². The van der Waals surface area contributed by atoms with E-state index in [0.717, 1.165) is 0 Å². The first-order chi connectivity index (χ1) is 15.2. The Morgan fingerprint density at radius 1 is 1.31 bits per heavy atom. The van der Waals surface area contributed by atoms with Crippen molar-refractivity contribution < 1.29 is 28.7 Å². The fourth-order valence-corrected chi connectivity index (χ4v) is 3.50. The Labute approximate surface area is 192 Å². The molecule has 0 N–H and O–H groups in total. The zero-order valence-electron chi connectivity index (χ0n) is 17.5. The lowest BCUT2D eigenvalue weighted by molar-refractivity contribution is -0.385. The minimum Gasteiger partial charge on any atom is -0.490 e. The number of ether oxygens (including phenoxy) is 3. The Morgan fingerprint density at radius 3 is 2.72 bits per heavy atom. The van der Waals surface area contributed by atoms with Gasteiger partial charge in [-0.25, -0.2) is 9.79 Å². The molecule has 0 saturated carbocycles. The van der Waals surface area contributed by atoms with Crippen LogP contribution in [-0.4, -0.2) is 29.4 Å². The molecule has 0 amide bonds. The number of halogens is 1. The molecule has 0 unspecified atom stereocenters. The summed E-state index contributed by atoms with van der Waals surface area (Å²) in [5, 5.41) is 11.2. The van der Waals surface area contributed by atoms with Gasteiger partial charge in [0, 0.05) is 23.6 Å². The van der Waals surface area contributed by atoms with Gasteiger partial charge in [-0.05, 0) is 59.6 Å². The van der Waals surface area contributed by atoms with E-state index in [2.05, 4.69) is 20.9 Å². The second-order valence-electron chi connectivity index (χ2n) is 6.63. The number of aliphatic imine (C=N–C) groups is 1. The van der Waals surface area contributed by atoms with Crippen molar-refractivity contribution in [1.29, 1.82) is 0 Å². The maximum atomic E-state index is 12.4. The summed E-state index contributed by atoms with van der Waals surface area (Å²) in [6.45, 7) is 5.36. The fraction of sp³-hybridized carbons (Fsp3) is 0.227. The Morgan fingerprint density at radius 2 is 2.06 bits per heavy atom. The quantitative estimate of drug-likeness (QED) is 0.176. The van der Waals surface area contributed by atoms with Gasteiger partial charge < -0.3 is 14.2 Å². The van der Waals surface area contributed by atoms with Crippen LogP contribution in [0.25, 0.3) is 6.08 Å². The number of cyclic esters (lactones) is 1. The van der Waals surface area contributed by atoms with E-state index in [0.29, 0.717) is 33.5 Å². The van der Waals surface area contributed by atoms with Gasteiger partial charge in [0.15, 0.2) is 17.2 Å². The van der Waals surface area contributed by atoms with E-state index in [1.807, 2.05) is 0 Å². The van der Waals surface area contributed by atoms with Gasteiger partial charge in [-0.3, -0.25) is 14.9 Å². The maximum Gasteiger partial charge on any atom is 0.363 e. The lowest BCUT2D eigenvalue weighted by Gasteiger charge is -2.13. The number of esters is 2. The van der Waals surface area contributed by atoms with Crippen LogP contribution < -0.4 is 9.47 Å². The number of benzene rings is 2. The van der Waals surface area contributed by atoms with Gasteiger partial charge in [0.05, 0.1) is 16.0 Å². The molecular formula is C22H19BrN2O7. The molecule has 1 aliphatic rings. The van der Waals surface area contributed by atoms with Crippen molar-refractivity contribution in [3.8, 4) is 11.5 Å². The van der Waals surface area contributed by atoms with Crippen LogP contribution in [0.5, 0.6) is 11.5 Å². The van der Waals surface area contributed by atoms with Crippen LogP contribution in [0, 0.1) is 17.0 Å². The summed E-state index contributed by atoms with van der Waals surface area (Å²) in [7, 11) is 0. The SMILES string of the molecule is CCOc1cc(/C=C2\N=C(c3cccc([N+](=O)[O-])c3C)OC2=O)cc(Br)c1OC(=O)CC. The molecule has 0 atom stereocenters. The second kappa shape index (κ2) is 9.73. The number of nitrogens with zero attached hydrogens (tertiary/aromatic N) is 2. The molecule has 0 aromatic heterocycles. The molecule has 166 valence electrons. The number of hydrogen-bond donors (Lipinski definition) is 0. The highest BCUT2D eigenvalue weighted by Crippen LogP contribution is 2.38. The molecule has 1 heterocycles. The third kappa shape index (κ3) is 4.86. The molecule has 0 saturated heterocycles. The average molecular weight is 503 g/mol. The van der Waals surface area contributed by atoms with Crippen molar-refractivity contribution in [2.24, 2.45) is 4.99 Å². The predicted molar refractivity (Wildman–Crippen MR) is 120 cm³/mol. The highest BCUT2D eigenvalue weighted by Gasteiger charge is 2.27. The highest BCUT2D eigenvalue weighted by atomic mass is 79.9. The zero-order valence-corrected chi connectivity index (χ0v) is 19.1. The summed E-state index contributed by atoms with van der Waals surface area (Å²) in [6, 6.07) is 7.72.